The first-order valence-electron chi connectivity index (χ1n) is 4.97. The van der Waals surface area contributed by atoms with Gasteiger partial charge in [0.1, 0.15) is 11.9 Å². The molecule has 1 aliphatic rings. The predicted molar refractivity (Wildman–Crippen MR) is 55.8 cm³/mol. The van der Waals surface area contributed by atoms with Crippen LogP contribution in [0.5, 0.6) is 0 Å². The number of nitrogens with zero attached hydrogens (tertiary/aromatic N) is 1. The molecular formula is C11H12FNO3. The molecule has 1 atom stereocenters. The average molecular weight is 225 g/mol. The predicted octanol–water partition coefficient (Wildman–Crippen LogP) is 1.45. The molecular weight excluding hydrogens is 213 g/mol. The summed E-state index contributed by atoms with van der Waals surface area (Å²) in [6, 6.07) is 4.54. The summed E-state index contributed by atoms with van der Waals surface area (Å²) >= 11 is 0. The highest BCUT2D eigenvalue weighted by Gasteiger charge is 2.31. The van der Waals surface area contributed by atoms with Gasteiger partial charge in [-0.2, -0.15) is 0 Å². The third kappa shape index (κ3) is 1.86. The van der Waals surface area contributed by atoms with E-state index in [9.17, 15) is 9.18 Å². The highest BCUT2D eigenvalue weighted by Crippen LogP contribution is 2.23. The molecule has 1 aliphatic heterocycles. The fraction of sp³-hybridized carbons (Fsp3) is 0.364. The van der Waals surface area contributed by atoms with Crippen molar-refractivity contribution < 1.29 is 19.0 Å². The van der Waals surface area contributed by atoms with Crippen LogP contribution in [0.4, 0.5) is 14.9 Å². The van der Waals surface area contributed by atoms with Crippen LogP contribution in [0.25, 0.3) is 0 Å². The number of carbonyl (C=O) groups is 1. The molecule has 0 unspecified atom stereocenters. The highest BCUT2D eigenvalue weighted by atomic mass is 19.1. The number of ether oxygens (including phenoxy) is 1. The van der Waals surface area contributed by atoms with E-state index in [0.717, 1.165) is 0 Å². The van der Waals surface area contributed by atoms with Crippen LogP contribution in [0.2, 0.25) is 0 Å². The fourth-order valence-electron chi connectivity index (χ4n) is 1.58. The molecule has 1 saturated heterocycles. The zero-order valence-electron chi connectivity index (χ0n) is 8.81. The summed E-state index contributed by atoms with van der Waals surface area (Å²) in [4.78, 5) is 12.7. The molecule has 2 rings (SSSR count). The summed E-state index contributed by atoms with van der Waals surface area (Å²) in [6.45, 7) is 1.67. The summed E-state index contributed by atoms with van der Waals surface area (Å²) in [6.07, 6.45) is -1.08. The lowest BCUT2D eigenvalue weighted by atomic mass is 10.2. The van der Waals surface area contributed by atoms with Crippen LogP contribution in [-0.2, 0) is 4.74 Å². The van der Waals surface area contributed by atoms with Crippen LogP contribution in [0, 0.1) is 12.7 Å². The van der Waals surface area contributed by atoms with Crippen molar-refractivity contribution in [2.45, 2.75) is 13.0 Å². The number of anilines is 1. The minimum atomic E-state index is -0.553. The smallest absolute Gasteiger partial charge is 0.414 e. The fourth-order valence-corrected chi connectivity index (χ4v) is 1.58. The van der Waals surface area contributed by atoms with E-state index in [1.54, 1.807) is 19.1 Å². The summed E-state index contributed by atoms with van der Waals surface area (Å²) in [7, 11) is 0. The monoisotopic (exact) mass is 225 g/mol. The molecule has 16 heavy (non-hydrogen) atoms. The molecule has 1 amide bonds. The van der Waals surface area contributed by atoms with Crippen LogP contribution in [-0.4, -0.2) is 30.5 Å². The van der Waals surface area contributed by atoms with Gasteiger partial charge in [-0.3, -0.25) is 4.90 Å². The Morgan fingerprint density at radius 1 is 1.62 bits per heavy atom. The van der Waals surface area contributed by atoms with E-state index in [2.05, 4.69) is 0 Å². The van der Waals surface area contributed by atoms with Crippen molar-refractivity contribution in [3.63, 3.8) is 0 Å². The highest BCUT2D eigenvalue weighted by molar-refractivity contribution is 5.89. The van der Waals surface area contributed by atoms with Crippen LogP contribution < -0.4 is 4.90 Å². The molecule has 0 aliphatic carbocycles. The van der Waals surface area contributed by atoms with Gasteiger partial charge < -0.3 is 9.84 Å². The van der Waals surface area contributed by atoms with Gasteiger partial charge in [0.15, 0.2) is 0 Å². The minimum absolute atomic E-state index is 0.226. The Labute approximate surface area is 92.2 Å². The summed E-state index contributed by atoms with van der Waals surface area (Å²) in [5.41, 5.74) is 0.971. The SMILES string of the molecule is Cc1ccc(N2C[C@@H](CO)OC2=O)cc1F. The minimum Gasteiger partial charge on any atom is -0.441 e. The normalized spacial score (nSPS) is 20.1. The van der Waals surface area contributed by atoms with E-state index in [1.807, 2.05) is 0 Å². The average Bonchev–Trinajstić information content (AvgIpc) is 2.64. The van der Waals surface area contributed by atoms with Gasteiger partial charge in [0.2, 0.25) is 0 Å². The van der Waals surface area contributed by atoms with Crippen LogP contribution >= 0.6 is 0 Å². The number of carbonyl (C=O) groups excluding carboxylic acids is 1. The van der Waals surface area contributed by atoms with Gasteiger partial charge >= 0.3 is 6.09 Å². The zero-order valence-corrected chi connectivity index (χ0v) is 8.81. The van der Waals surface area contributed by atoms with E-state index in [1.165, 1.54) is 11.0 Å². The number of benzene rings is 1. The quantitative estimate of drug-likeness (QED) is 0.828. The number of amides is 1. The number of rotatable bonds is 2. The maximum Gasteiger partial charge on any atom is 0.414 e. The number of cyclic esters (lactones) is 1. The maximum atomic E-state index is 13.3. The molecule has 0 spiro atoms. The van der Waals surface area contributed by atoms with Gasteiger partial charge in [-0.05, 0) is 24.6 Å². The largest absolute Gasteiger partial charge is 0.441 e. The Morgan fingerprint density at radius 2 is 2.38 bits per heavy atom. The number of aliphatic hydroxyl groups is 1. The van der Waals surface area contributed by atoms with Gasteiger partial charge in [0.25, 0.3) is 0 Å². The lowest BCUT2D eigenvalue weighted by Gasteiger charge is -2.13. The Morgan fingerprint density at radius 3 is 2.94 bits per heavy atom. The molecule has 1 heterocycles. The van der Waals surface area contributed by atoms with Crippen molar-refractivity contribution in [2.24, 2.45) is 0 Å². The summed E-state index contributed by atoms with van der Waals surface area (Å²) in [5, 5.41) is 8.87. The third-order valence-corrected chi connectivity index (χ3v) is 2.54. The van der Waals surface area contributed by atoms with Gasteiger partial charge in [0, 0.05) is 0 Å². The Balaban J connectivity index is 2.24. The molecule has 0 saturated carbocycles. The number of hydrogen-bond acceptors (Lipinski definition) is 3. The van der Waals surface area contributed by atoms with Gasteiger partial charge in [-0.25, -0.2) is 9.18 Å². The van der Waals surface area contributed by atoms with Gasteiger partial charge in [0.05, 0.1) is 18.8 Å². The summed E-state index contributed by atoms with van der Waals surface area (Å²) < 4.78 is 18.2. The number of halogens is 1. The molecule has 5 heteroatoms. The topological polar surface area (TPSA) is 49.8 Å². The van der Waals surface area contributed by atoms with Crippen molar-refractivity contribution >= 4 is 11.8 Å². The van der Waals surface area contributed by atoms with Gasteiger partial charge in [-0.15, -0.1) is 0 Å². The van der Waals surface area contributed by atoms with Crippen LogP contribution in [0.3, 0.4) is 0 Å². The molecule has 1 aromatic rings. The lowest BCUT2D eigenvalue weighted by molar-refractivity contribution is 0.0963. The number of aryl methyl sites for hydroxylation is 1. The molecule has 0 radical (unpaired) electrons. The Kier molecular flexibility index (Phi) is 2.78. The molecule has 4 nitrogen and oxygen atoms in total. The van der Waals surface area contributed by atoms with Crippen LogP contribution in [0.1, 0.15) is 5.56 Å². The van der Waals surface area contributed by atoms with E-state index < -0.39 is 12.2 Å². The molecule has 0 aromatic heterocycles. The number of hydrogen-bond donors (Lipinski definition) is 1. The van der Waals surface area contributed by atoms with Crippen molar-refractivity contribution in [3.8, 4) is 0 Å². The molecule has 1 aromatic carbocycles. The lowest BCUT2D eigenvalue weighted by Crippen LogP contribution is -2.25. The second-order valence-electron chi connectivity index (χ2n) is 3.73. The van der Waals surface area contributed by atoms with Crippen molar-refractivity contribution in [3.05, 3.63) is 29.6 Å². The first kappa shape index (κ1) is 10.9. The molecule has 1 fully saturated rings. The van der Waals surface area contributed by atoms with E-state index in [-0.39, 0.29) is 19.0 Å². The second kappa shape index (κ2) is 4.09. The van der Waals surface area contributed by atoms with Crippen LogP contribution in [0.15, 0.2) is 18.2 Å². The van der Waals surface area contributed by atoms with E-state index >= 15 is 0 Å². The Bertz CT molecular complexity index is 422. The molecule has 1 N–H and O–H groups in total. The van der Waals surface area contributed by atoms with Crippen molar-refractivity contribution in [2.75, 3.05) is 18.1 Å². The molecule has 86 valence electrons. The zero-order chi connectivity index (χ0) is 11.7. The van der Waals surface area contributed by atoms with Crippen molar-refractivity contribution in [1.82, 2.24) is 0 Å². The van der Waals surface area contributed by atoms with E-state index in [0.29, 0.717) is 11.3 Å². The molecule has 0 bridgehead atoms. The first-order valence-corrected chi connectivity index (χ1v) is 4.97. The van der Waals surface area contributed by atoms with Gasteiger partial charge in [-0.1, -0.05) is 6.07 Å². The van der Waals surface area contributed by atoms with E-state index in [4.69, 9.17) is 9.84 Å². The third-order valence-electron chi connectivity index (χ3n) is 2.54. The van der Waals surface area contributed by atoms with Crippen molar-refractivity contribution in [1.29, 1.82) is 0 Å². The second-order valence-corrected chi connectivity index (χ2v) is 3.73. The summed E-state index contributed by atoms with van der Waals surface area (Å²) in [5.74, 6) is -0.363. The number of aliphatic hydroxyl groups excluding tert-OH is 1. The first-order chi connectivity index (χ1) is 7.61. The maximum absolute atomic E-state index is 13.3. The standard InChI is InChI=1S/C11H12FNO3/c1-7-2-3-8(4-10(7)12)13-5-9(6-14)16-11(13)15/h2-4,9,14H,5-6H2,1H3/t9-/m0/s1. The Hall–Kier alpha value is -1.62.